The molecule has 0 saturated carbocycles. The number of rotatable bonds is 6. The number of carboxylic acid groups (broad SMARTS) is 1. The summed E-state index contributed by atoms with van der Waals surface area (Å²) in [5.41, 5.74) is 5.78. The lowest BCUT2D eigenvalue weighted by Gasteiger charge is -2.05. The summed E-state index contributed by atoms with van der Waals surface area (Å²) in [6.45, 7) is 0. The summed E-state index contributed by atoms with van der Waals surface area (Å²) in [6.07, 6.45) is 1.77. The minimum atomic E-state index is -1.00. The summed E-state index contributed by atoms with van der Waals surface area (Å²) in [5, 5.41) is 11.3. The molecule has 102 valence electrons. The monoisotopic (exact) mass is 283 g/mol. The van der Waals surface area contributed by atoms with Gasteiger partial charge in [0.05, 0.1) is 5.69 Å². The van der Waals surface area contributed by atoms with Gasteiger partial charge in [-0.2, -0.15) is 16.3 Å². The first-order valence-corrected chi connectivity index (χ1v) is 6.71. The highest BCUT2D eigenvalue weighted by Crippen LogP contribution is 2.11. The van der Waals surface area contributed by atoms with Crippen LogP contribution in [0.1, 0.15) is 12.1 Å². The number of aromatic nitrogens is 4. The largest absolute Gasteiger partial charge is 0.480 e. The third-order valence-corrected chi connectivity index (χ3v) is 3.49. The zero-order chi connectivity index (χ0) is 13.8. The van der Waals surface area contributed by atoms with E-state index in [4.69, 9.17) is 10.8 Å². The second-order valence-electron chi connectivity index (χ2n) is 3.89. The Bertz CT molecular complexity index is 637. The molecule has 0 spiro atoms. The first kappa shape index (κ1) is 13.6. The lowest BCUT2D eigenvalue weighted by atomic mass is 10.2. The van der Waals surface area contributed by atoms with Crippen LogP contribution < -0.4 is 11.3 Å². The first-order valence-electron chi connectivity index (χ1n) is 5.56. The van der Waals surface area contributed by atoms with E-state index in [0.717, 1.165) is 0 Å². The van der Waals surface area contributed by atoms with Crippen LogP contribution in [0.15, 0.2) is 17.2 Å². The lowest BCUT2D eigenvalue weighted by molar-refractivity contribution is -0.138. The van der Waals surface area contributed by atoms with Crippen LogP contribution in [0.3, 0.4) is 0 Å². The predicted molar refractivity (Wildman–Crippen MR) is 70.0 cm³/mol. The molecule has 1 unspecified atom stereocenters. The molecule has 2 rings (SSSR count). The molecule has 2 aromatic heterocycles. The van der Waals surface area contributed by atoms with Gasteiger partial charge in [0.25, 0.3) is 11.3 Å². The molecule has 4 N–H and O–H groups in total. The van der Waals surface area contributed by atoms with Gasteiger partial charge in [0.15, 0.2) is 0 Å². The van der Waals surface area contributed by atoms with Crippen molar-refractivity contribution in [2.24, 2.45) is 5.73 Å². The quantitative estimate of drug-likeness (QED) is 0.607. The summed E-state index contributed by atoms with van der Waals surface area (Å²) in [4.78, 5) is 30.3. The minimum Gasteiger partial charge on any atom is -0.480 e. The molecule has 19 heavy (non-hydrogen) atoms. The van der Waals surface area contributed by atoms with Crippen LogP contribution in [0.25, 0.3) is 5.78 Å². The molecule has 8 nitrogen and oxygen atoms in total. The van der Waals surface area contributed by atoms with Gasteiger partial charge >= 0.3 is 5.97 Å². The second kappa shape index (κ2) is 5.85. The molecule has 9 heteroatoms. The van der Waals surface area contributed by atoms with Gasteiger partial charge in [0.1, 0.15) is 12.4 Å². The van der Waals surface area contributed by atoms with Crippen LogP contribution in [0.2, 0.25) is 0 Å². The Labute approximate surface area is 112 Å². The van der Waals surface area contributed by atoms with Crippen LogP contribution in [0.5, 0.6) is 0 Å². The smallest absolute Gasteiger partial charge is 0.320 e. The van der Waals surface area contributed by atoms with Crippen LogP contribution >= 0.6 is 11.8 Å². The molecule has 0 aliphatic carbocycles. The van der Waals surface area contributed by atoms with Crippen molar-refractivity contribution in [3.05, 3.63) is 28.4 Å². The number of nitrogens with zero attached hydrogens (tertiary/aromatic N) is 3. The minimum absolute atomic E-state index is 0.222. The SMILES string of the molecule is NC(CCSCc1cc(=O)n2[nH]cnc2n1)C(=O)O. The predicted octanol–water partition coefficient (Wildman–Crippen LogP) is -0.547. The van der Waals surface area contributed by atoms with Crippen molar-refractivity contribution in [3.8, 4) is 0 Å². The van der Waals surface area contributed by atoms with Gasteiger partial charge in [-0.1, -0.05) is 0 Å². The Hall–Kier alpha value is -1.87. The molecule has 0 bridgehead atoms. The highest BCUT2D eigenvalue weighted by molar-refractivity contribution is 7.98. The number of thioether (sulfide) groups is 1. The van der Waals surface area contributed by atoms with E-state index >= 15 is 0 Å². The molecule has 0 aromatic carbocycles. The molecule has 0 amide bonds. The maximum Gasteiger partial charge on any atom is 0.320 e. The normalized spacial score (nSPS) is 12.7. The van der Waals surface area contributed by atoms with Gasteiger partial charge in [-0.05, 0) is 12.2 Å². The Morgan fingerprint density at radius 2 is 2.42 bits per heavy atom. The highest BCUT2D eigenvalue weighted by atomic mass is 32.2. The molecule has 0 fully saturated rings. The van der Waals surface area contributed by atoms with E-state index in [1.807, 2.05) is 0 Å². The fourth-order valence-corrected chi connectivity index (χ4v) is 2.38. The lowest BCUT2D eigenvalue weighted by Crippen LogP contribution is -2.30. The van der Waals surface area contributed by atoms with Crippen LogP contribution in [0.4, 0.5) is 0 Å². The van der Waals surface area contributed by atoms with Crippen molar-refractivity contribution < 1.29 is 9.90 Å². The van der Waals surface area contributed by atoms with Crippen molar-refractivity contribution >= 4 is 23.5 Å². The van der Waals surface area contributed by atoms with E-state index < -0.39 is 12.0 Å². The van der Waals surface area contributed by atoms with Crippen LogP contribution in [-0.2, 0) is 10.5 Å². The maximum absolute atomic E-state index is 11.6. The molecule has 0 saturated heterocycles. The number of H-pyrrole nitrogens is 1. The Kier molecular flexibility index (Phi) is 4.17. The van der Waals surface area contributed by atoms with Crippen molar-refractivity contribution in [3.63, 3.8) is 0 Å². The van der Waals surface area contributed by atoms with Crippen molar-refractivity contribution in [2.45, 2.75) is 18.2 Å². The molecule has 2 heterocycles. The van der Waals surface area contributed by atoms with Crippen molar-refractivity contribution in [2.75, 3.05) is 5.75 Å². The number of hydrogen-bond donors (Lipinski definition) is 3. The molecular formula is C10H13N5O3S. The summed E-state index contributed by atoms with van der Waals surface area (Å²) >= 11 is 1.48. The molecule has 0 aliphatic heterocycles. The Morgan fingerprint density at radius 3 is 3.16 bits per heavy atom. The number of nitrogens with two attached hydrogens (primary N) is 1. The number of nitrogens with one attached hydrogen (secondary N) is 1. The van der Waals surface area contributed by atoms with Gasteiger partial charge < -0.3 is 10.8 Å². The van der Waals surface area contributed by atoms with Crippen molar-refractivity contribution in [1.29, 1.82) is 0 Å². The van der Waals surface area contributed by atoms with Gasteiger partial charge in [-0.15, -0.1) is 0 Å². The van der Waals surface area contributed by atoms with E-state index in [2.05, 4.69) is 15.1 Å². The van der Waals surface area contributed by atoms with E-state index in [1.54, 1.807) is 0 Å². The molecular weight excluding hydrogens is 270 g/mol. The average molecular weight is 283 g/mol. The maximum atomic E-state index is 11.6. The third kappa shape index (κ3) is 3.32. The molecule has 0 aliphatic rings. The topological polar surface area (TPSA) is 126 Å². The number of carboxylic acids is 1. The standard InChI is InChI=1S/C10H13N5O3S/c11-7(9(17)18)1-2-19-4-6-3-8(16)15-10(14-6)12-5-13-15/h3,5,7H,1-2,4,11H2,(H,17,18)(H,12,13,14). The molecule has 0 radical (unpaired) electrons. The first-order chi connectivity index (χ1) is 9.08. The van der Waals surface area contributed by atoms with E-state index in [9.17, 15) is 9.59 Å². The van der Waals surface area contributed by atoms with E-state index in [-0.39, 0.29) is 5.56 Å². The fourth-order valence-electron chi connectivity index (χ4n) is 1.45. The average Bonchev–Trinajstić information content (AvgIpc) is 2.83. The third-order valence-electron chi connectivity index (χ3n) is 2.46. The zero-order valence-corrected chi connectivity index (χ0v) is 10.8. The Balaban J connectivity index is 1.91. The number of hydrogen-bond acceptors (Lipinski definition) is 6. The van der Waals surface area contributed by atoms with E-state index in [1.165, 1.54) is 28.7 Å². The van der Waals surface area contributed by atoms with E-state index in [0.29, 0.717) is 29.4 Å². The van der Waals surface area contributed by atoms with Gasteiger partial charge in [-0.3, -0.25) is 14.7 Å². The summed E-state index contributed by atoms with van der Waals surface area (Å²) in [6, 6.07) is 0.579. The highest BCUT2D eigenvalue weighted by Gasteiger charge is 2.10. The summed E-state index contributed by atoms with van der Waals surface area (Å²) in [7, 11) is 0. The van der Waals surface area contributed by atoms with Crippen LogP contribution in [-0.4, -0.2) is 42.5 Å². The number of aliphatic carboxylic acids is 1. The fraction of sp³-hybridized carbons (Fsp3) is 0.400. The zero-order valence-electron chi connectivity index (χ0n) is 9.94. The summed E-state index contributed by atoms with van der Waals surface area (Å²) in [5.74, 6) is 0.431. The second-order valence-corrected chi connectivity index (χ2v) is 5.00. The Morgan fingerprint density at radius 1 is 1.63 bits per heavy atom. The van der Waals surface area contributed by atoms with Crippen molar-refractivity contribution in [1.82, 2.24) is 19.6 Å². The number of fused-ring (bicyclic) bond motifs is 1. The van der Waals surface area contributed by atoms with Gasteiger partial charge in [0.2, 0.25) is 0 Å². The number of carbonyl (C=O) groups is 1. The van der Waals surface area contributed by atoms with Crippen LogP contribution in [0, 0.1) is 0 Å². The summed E-state index contributed by atoms with van der Waals surface area (Å²) < 4.78 is 1.24. The van der Waals surface area contributed by atoms with Gasteiger partial charge in [0, 0.05) is 11.8 Å². The molecule has 1 atom stereocenters. The molecule has 2 aromatic rings. The van der Waals surface area contributed by atoms with Gasteiger partial charge in [-0.25, -0.2) is 9.97 Å². The number of aromatic amines is 1.